The van der Waals surface area contributed by atoms with Crippen molar-refractivity contribution in [1.82, 2.24) is 5.32 Å². The molecule has 2 N–H and O–H groups in total. The van der Waals surface area contributed by atoms with Crippen LogP contribution in [0.2, 0.25) is 0 Å². The molecule has 0 aliphatic rings. The highest BCUT2D eigenvalue weighted by molar-refractivity contribution is 5.64. The number of benzene rings is 1. The normalized spacial score (nSPS) is 9.46. The van der Waals surface area contributed by atoms with Crippen LogP contribution < -0.4 is 10.6 Å². The monoisotopic (exact) mass is 180 g/mol. The molecule has 0 aliphatic carbocycles. The second kappa shape index (κ2) is 3.94. The van der Waals surface area contributed by atoms with E-state index in [0.29, 0.717) is 11.3 Å². The van der Waals surface area contributed by atoms with Gasteiger partial charge in [-0.15, -0.1) is 0 Å². The SMILES string of the molecule is C=C(NC)c1ccc(NC)cc1F. The Hall–Kier alpha value is -1.51. The molecule has 70 valence electrons. The van der Waals surface area contributed by atoms with Gasteiger partial charge in [-0.2, -0.15) is 0 Å². The molecule has 0 saturated carbocycles. The molecule has 0 aromatic heterocycles. The summed E-state index contributed by atoms with van der Waals surface area (Å²) >= 11 is 0. The predicted molar refractivity (Wildman–Crippen MR) is 54.0 cm³/mol. The Morgan fingerprint density at radius 1 is 1.38 bits per heavy atom. The lowest BCUT2D eigenvalue weighted by Gasteiger charge is -2.07. The Labute approximate surface area is 77.5 Å². The van der Waals surface area contributed by atoms with Crippen molar-refractivity contribution < 1.29 is 4.39 Å². The third-order valence-electron chi connectivity index (χ3n) is 1.88. The summed E-state index contributed by atoms with van der Waals surface area (Å²) in [7, 11) is 3.47. The van der Waals surface area contributed by atoms with E-state index in [1.165, 1.54) is 6.07 Å². The zero-order valence-corrected chi connectivity index (χ0v) is 7.82. The smallest absolute Gasteiger partial charge is 0.134 e. The van der Waals surface area contributed by atoms with E-state index < -0.39 is 0 Å². The Morgan fingerprint density at radius 2 is 2.08 bits per heavy atom. The first kappa shape index (κ1) is 9.58. The van der Waals surface area contributed by atoms with Crippen molar-refractivity contribution in [3.05, 3.63) is 36.2 Å². The number of anilines is 1. The molecule has 2 nitrogen and oxygen atoms in total. The number of rotatable bonds is 3. The molecule has 1 aromatic carbocycles. The van der Waals surface area contributed by atoms with Crippen molar-refractivity contribution >= 4 is 11.4 Å². The largest absolute Gasteiger partial charge is 0.388 e. The molecule has 1 rings (SSSR count). The highest BCUT2D eigenvalue weighted by Gasteiger charge is 2.04. The minimum Gasteiger partial charge on any atom is -0.388 e. The minimum absolute atomic E-state index is 0.272. The maximum atomic E-state index is 13.3. The second-order valence-corrected chi connectivity index (χ2v) is 2.67. The summed E-state index contributed by atoms with van der Waals surface area (Å²) in [5, 5.41) is 5.67. The van der Waals surface area contributed by atoms with Gasteiger partial charge < -0.3 is 10.6 Å². The van der Waals surface area contributed by atoms with Crippen LogP contribution >= 0.6 is 0 Å². The molecule has 0 bridgehead atoms. The van der Waals surface area contributed by atoms with Crippen molar-refractivity contribution in [3.8, 4) is 0 Å². The Morgan fingerprint density at radius 3 is 2.54 bits per heavy atom. The summed E-state index contributed by atoms with van der Waals surface area (Å²) in [5.74, 6) is -0.272. The van der Waals surface area contributed by atoms with E-state index >= 15 is 0 Å². The highest BCUT2D eigenvalue weighted by atomic mass is 19.1. The predicted octanol–water partition coefficient (Wildman–Crippen LogP) is 2.06. The van der Waals surface area contributed by atoms with Crippen LogP contribution in [0, 0.1) is 5.82 Å². The molecule has 3 heteroatoms. The number of nitrogens with one attached hydrogen (secondary N) is 2. The van der Waals surface area contributed by atoms with E-state index in [4.69, 9.17) is 0 Å². The first-order valence-corrected chi connectivity index (χ1v) is 4.03. The summed E-state index contributed by atoms with van der Waals surface area (Å²) < 4.78 is 13.3. The molecule has 0 fully saturated rings. The lowest BCUT2D eigenvalue weighted by atomic mass is 10.1. The van der Waals surface area contributed by atoms with Crippen molar-refractivity contribution in [1.29, 1.82) is 0 Å². The third kappa shape index (κ3) is 1.99. The molecule has 0 aliphatic heterocycles. The molecule has 0 amide bonds. The summed E-state index contributed by atoms with van der Waals surface area (Å²) in [6, 6.07) is 4.94. The Kier molecular flexibility index (Phi) is 2.90. The molecule has 0 atom stereocenters. The van der Waals surface area contributed by atoms with E-state index in [1.807, 2.05) is 0 Å². The van der Waals surface area contributed by atoms with Gasteiger partial charge in [-0.3, -0.25) is 0 Å². The van der Waals surface area contributed by atoms with Gasteiger partial charge >= 0.3 is 0 Å². The highest BCUT2D eigenvalue weighted by Crippen LogP contribution is 2.18. The van der Waals surface area contributed by atoms with Crippen molar-refractivity contribution in [2.75, 3.05) is 19.4 Å². The molecule has 0 saturated heterocycles. The van der Waals surface area contributed by atoms with Crippen LogP contribution in [0.5, 0.6) is 0 Å². The minimum atomic E-state index is -0.272. The molecule has 1 aromatic rings. The lowest BCUT2D eigenvalue weighted by Crippen LogP contribution is -2.05. The van der Waals surface area contributed by atoms with Crippen LogP contribution in [-0.4, -0.2) is 14.1 Å². The summed E-state index contributed by atoms with van der Waals surface area (Å²) in [5.41, 5.74) is 1.84. The summed E-state index contributed by atoms with van der Waals surface area (Å²) in [6.45, 7) is 3.69. The van der Waals surface area contributed by atoms with E-state index in [1.54, 1.807) is 26.2 Å². The van der Waals surface area contributed by atoms with Gasteiger partial charge in [0.1, 0.15) is 5.82 Å². The second-order valence-electron chi connectivity index (χ2n) is 2.67. The van der Waals surface area contributed by atoms with Gasteiger partial charge in [0.2, 0.25) is 0 Å². The fraction of sp³-hybridized carbons (Fsp3) is 0.200. The van der Waals surface area contributed by atoms with Gasteiger partial charge in [0, 0.05) is 31.0 Å². The fourth-order valence-corrected chi connectivity index (χ4v) is 1.05. The topological polar surface area (TPSA) is 24.1 Å². The standard InChI is InChI=1S/C10H13FN2/c1-7(12-2)9-5-4-8(13-3)6-10(9)11/h4-6,12-13H,1H2,2-3H3. The van der Waals surface area contributed by atoms with E-state index in [2.05, 4.69) is 17.2 Å². The Bertz CT molecular complexity index is 321. The van der Waals surface area contributed by atoms with Crippen LogP contribution in [0.15, 0.2) is 24.8 Å². The average molecular weight is 180 g/mol. The van der Waals surface area contributed by atoms with Crippen LogP contribution in [0.3, 0.4) is 0 Å². The van der Waals surface area contributed by atoms with Gasteiger partial charge in [-0.25, -0.2) is 4.39 Å². The van der Waals surface area contributed by atoms with Gasteiger partial charge in [0.05, 0.1) is 0 Å². The van der Waals surface area contributed by atoms with Crippen molar-refractivity contribution in [2.24, 2.45) is 0 Å². The molecule has 13 heavy (non-hydrogen) atoms. The van der Waals surface area contributed by atoms with Crippen LogP contribution in [0.4, 0.5) is 10.1 Å². The van der Waals surface area contributed by atoms with E-state index in [0.717, 1.165) is 5.69 Å². The number of hydrogen-bond acceptors (Lipinski definition) is 2. The zero-order valence-electron chi connectivity index (χ0n) is 7.82. The number of halogens is 1. The van der Waals surface area contributed by atoms with Crippen LogP contribution in [-0.2, 0) is 0 Å². The maximum Gasteiger partial charge on any atom is 0.134 e. The first-order chi connectivity index (χ1) is 6.19. The number of hydrogen-bond donors (Lipinski definition) is 2. The van der Waals surface area contributed by atoms with Gasteiger partial charge in [-0.1, -0.05) is 6.58 Å². The van der Waals surface area contributed by atoms with Crippen LogP contribution in [0.1, 0.15) is 5.56 Å². The van der Waals surface area contributed by atoms with E-state index in [9.17, 15) is 4.39 Å². The Balaban J connectivity index is 3.05. The quantitative estimate of drug-likeness (QED) is 0.744. The summed E-state index contributed by atoms with van der Waals surface area (Å²) in [6.07, 6.45) is 0. The summed E-state index contributed by atoms with van der Waals surface area (Å²) in [4.78, 5) is 0. The maximum absolute atomic E-state index is 13.3. The molecule has 0 radical (unpaired) electrons. The van der Waals surface area contributed by atoms with E-state index in [-0.39, 0.29) is 5.82 Å². The van der Waals surface area contributed by atoms with Gasteiger partial charge in [-0.05, 0) is 18.2 Å². The van der Waals surface area contributed by atoms with Crippen LogP contribution in [0.25, 0.3) is 5.70 Å². The zero-order chi connectivity index (χ0) is 9.84. The first-order valence-electron chi connectivity index (χ1n) is 4.03. The molecular weight excluding hydrogens is 167 g/mol. The molecule has 0 unspecified atom stereocenters. The molecular formula is C10H13FN2. The van der Waals surface area contributed by atoms with Crippen molar-refractivity contribution in [3.63, 3.8) is 0 Å². The lowest BCUT2D eigenvalue weighted by molar-refractivity contribution is 0.623. The average Bonchev–Trinajstić information content (AvgIpc) is 2.16. The van der Waals surface area contributed by atoms with Gasteiger partial charge in [0.15, 0.2) is 0 Å². The third-order valence-corrected chi connectivity index (χ3v) is 1.88. The van der Waals surface area contributed by atoms with Gasteiger partial charge in [0.25, 0.3) is 0 Å². The fourth-order valence-electron chi connectivity index (χ4n) is 1.05. The molecule has 0 spiro atoms. The van der Waals surface area contributed by atoms with Crippen molar-refractivity contribution in [2.45, 2.75) is 0 Å². The molecule has 0 heterocycles.